The Hall–Kier alpha value is -2.35. The third-order valence-electron chi connectivity index (χ3n) is 3.58. The number of nitrogens with two attached hydrogens (primary N) is 1. The molecule has 1 atom stereocenters. The van der Waals surface area contributed by atoms with Crippen LogP contribution in [0.5, 0.6) is 0 Å². The first-order valence-electron chi connectivity index (χ1n) is 6.53. The van der Waals surface area contributed by atoms with Crippen molar-refractivity contribution < 1.29 is 4.79 Å². The maximum absolute atomic E-state index is 12.0. The molecular weight excluding hydrogens is 258 g/mol. The van der Waals surface area contributed by atoms with E-state index in [1.165, 1.54) is 0 Å². The molecule has 1 aliphatic heterocycles. The Bertz CT molecular complexity index is 638. The Morgan fingerprint density at radius 2 is 2.40 bits per heavy atom. The number of carbonyl (C=O) groups excluding carboxylic acids is 1. The summed E-state index contributed by atoms with van der Waals surface area (Å²) in [6.45, 7) is 0.779. The molecule has 0 radical (unpaired) electrons. The molecule has 2 aromatic heterocycles. The van der Waals surface area contributed by atoms with Gasteiger partial charge in [0, 0.05) is 26.0 Å². The molecular formula is C12H17N7O. The van der Waals surface area contributed by atoms with E-state index >= 15 is 0 Å². The lowest BCUT2D eigenvalue weighted by Gasteiger charge is -2.25. The van der Waals surface area contributed by atoms with Gasteiger partial charge in [0.1, 0.15) is 6.04 Å². The summed E-state index contributed by atoms with van der Waals surface area (Å²) in [6, 6.07) is -0.207. The summed E-state index contributed by atoms with van der Waals surface area (Å²) >= 11 is 0. The number of carbonyl (C=O) groups is 1. The minimum Gasteiger partial charge on any atom is -0.357 e. The minimum atomic E-state index is -0.207. The summed E-state index contributed by atoms with van der Waals surface area (Å²) < 4.78 is 1.84. The number of hydrogen-bond donors (Lipinski definition) is 3. The first-order valence-corrected chi connectivity index (χ1v) is 6.53. The number of hydrogen-bond acceptors (Lipinski definition) is 6. The molecule has 1 fully saturated rings. The van der Waals surface area contributed by atoms with E-state index in [4.69, 9.17) is 5.84 Å². The van der Waals surface area contributed by atoms with Gasteiger partial charge in [-0.25, -0.2) is 15.8 Å². The molecule has 106 valence electrons. The molecule has 0 spiro atoms. The third kappa shape index (κ3) is 1.94. The Morgan fingerprint density at radius 1 is 1.55 bits per heavy atom. The van der Waals surface area contributed by atoms with Crippen molar-refractivity contribution in [3.8, 4) is 0 Å². The number of amides is 1. The number of rotatable bonds is 3. The highest BCUT2D eigenvalue weighted by atomic mass is 16.2. The summed E-state index contributed by atoms with van der Waals surface area (Å²) in [6.07, 6.45) is 7.05. The van der Waals surface area contributed by atoms with E-state index in [1.54, 1.807) is 19.4 Å². The van der Waals surface area contributed by atoms with Crippen LogP contribution in [-0.4, -0.2) is 39.9 Å². The van der Waals surface area contributed by atoms with Gasteiger partial charge >= 0.3 is 0 Å². The Kier molecular flexibility index (Phi) is 3.15. The third-order valence-corrected chi connectivity index (χ3v) is 3.58. The van der Waals surface area contributed by atoms with Crippen LogP contribution in [0.15, 0.2) is 18.6 Å². The average Bonchev–Trinajstić information content (AvgIpc) is 3.13. The Labute approximate surface area is 116 Å². The van der Waals surface area contributed by atoms with E-state index in [-0.39, 0.29) is 11.9 Å². The van der Waals surface area contributed by atoms with Gasteiger partial charge in [-0.05, 0) is 12.8 Å². The fraction of sp³-hybridized carbons (Fsp3) is 0.417. The molecule has 0 aliphatic carbocycles. The predicted octanol–water partition coefficient (Wildman–Crippen LogP) is -0.270. The summed E-state index contributed by atoms with van der Waals surface area (Å²) in [5, 5.41) is 2.70. The quantitative estimate of drug-likeness (QED) is 0.526. The topological polar surface area (TPSA) is 101 Å². The van der Waals surface area contributed by atoms with Crippen molar-refractivity contribution in [2.24, 2.45) is 5.84 Å². The van der Waals surface area contributed by atoms with Gasteiger partial charge in [-0.2, -0.15) is 0 Å². The number of imidazole rings is 1. The van der Waals surface area contributed by atoms with Gasteiger partial charge < -0.3 is 20.0 Å². The number of likely N-dealkylation sites (N-methyl/N-ethyl adjacent to an activating group) is 1. The van der Waals surface area contributed by atoms with Crippen LogP contribution in [0.3, 0.4) is 0 Å². The molecule has 0 bridgehead atoms. The molecule has 8 heteroatoms. The van der Waals surface area contributed by atoms with Crippen molar-refractivity contribution in [3.05, 3.63) is 18.6 Å². The van der Waals surface area contributed by atoms with E-state index in [1.807, 2.05) is 15.5 Å². The molecule has 3 heterocycles. The zero-order valence-electron chi connectivity index (χ0n) is 11.2. The molecule has 0 saturated carbocycles. The normalized spacial score (nSPS) is 18.5. The van der Waals surface area contributed by atoms with Gasteiger partial charge in [0.2, 0.25) is 5.91 Å². The molecule has 1 amide bonds. The number of nitrogens with zero attached hydrogens (tertiary/aromatic N) is 4. The van der Waals surface area contributed by atoms with Gasteiger partial charge in [0.05, 0.1) is 6.20 Å². The van der Waals surface area contributed by atoms with E-state index in [2.05, 4.69) is 20.7 Å². The maximum atomic E-state index is 12.0. The average molecular weight is 275 g/mol. The summed E-state index contributed by atoms with van der Waals surface area (Å²) in [5.41, 5.74) is 3.27. The predicted molar refractivity (Wildman–Crippen MR) is 75.2 cm³/mol. The van der Waals surface area contributed by atoms with Crippen LogP contribution in [0.1, 0.15) is 12.8 Å². The summed E-state index contributed by atoms with van der Waals surface area (Å²) in [4.78, 5) is 22.8. The highest BCUT2D eigenvalue weighted by Crippen LogP contribution is 2.28. The van der Waals surface area contributed by atoms with Gasteiger partial charge in [0.15, 0.2) is 17.3 Å². The van der Waals surface area contributed by atoms with E-state index < -0.39 is 0 Å². The molecule has 1 saturated heterocycles. The second-order valence-electron chi connectivity index (χ2n) is 4.72. The van der Waals surface area contributed by atoms with Crippen LogP contribution in [-0.2, 0) is 4.79 Å². The lowest BCUT2D eigenvalue weighted by molar-refractivity contribution is -0.121. The molecule has 20 heavy (non-hydrogen) atoms. The number of hydrazine groups is 1. The molecule has 2 aromatic rings. The Balaban J connectivity index is 2.08. The number of anilines is 2. The van der Waals surface area contributed by atoms with Gasteiger partial charge in [-0.3, -0.25) is 4.79 Å². The largest absolute Gasteiger partial charge is 0.357 e. The molecule has 0 aromatic carbocycles. The van der Waals surface area contributed by atoms with Crippen molar-refractivity contribution in [2.75, 3.05) is 23.9 Å². The smallest absolute Gasteiger partial charge is 0.242 e. The second kappa shape index (κ2) is 4.97. The zero-order valence-corrected chi connectivity index (χ0v) is 11.2. The molecule has 3 rings (SSSR count). The standard InChI is InChI=1S/C12H17N7O/c1-14-12(20)8-3-2-5-19(8)11-10-15-4-6-18(10)7-9(16-11)17-13/h4,6-8,17H,2-3,5,13H2,1H3,(H,14,20). The van der Waals surface area contributed by atoms with Crippen LogP contribution < -0.4 is 21.5 Å². The first-order chi connectivity index (χ1) is 9.74. The summed E-state index contributed by atoms with van der Waals surface area (Å²) in [5.74, 6) is 6.67. The number of nitrogens with one attached hydrogen (secondary N) is 2. The monoisotopic (exact) mass is 275 g/mol. The minimum absolute atomic E-state index is 0.000108. The fourth-order valence-electron chi connectivity index (χ4n) is 2.64. The fourth-order valence-corrected chi connectivity index (χ4v) is 2.64. The van der Waals surface area contributed by atoms with Crippen LogP contribution in [0.25, 0.3) is 5.65 Å². The van der Waals surface area contributed by atoms with Crippen molar-refractivity contribution in [1.82, 2.24) is 19.7 Å². The van der Waals surface area contributed by atoms with Crippen molar-refractivity contribution >= 4 is 23.2 Å². The zero-order chi connectivity index (χ0) is 14.1. The highest BCUT2D eigenvalue weighted by Gasteiger charge is 2.32. The van der Waals surface area contributed by atoms with Crippen LogP contribution in [0.2, 0.25) is 0 Å². The van der Waals surface area contributed by atoms with Gasteiger partial charge in [-0.1, -0.05) is 0 Å². The second-order valence-corrected chi connectivity index (χ2v) is 4.72. The van der Waals surface area contributed by atoms with Crippen molar-refractivity contribution in [1.29, 1.82) is 0 Å². The number of nitrogen functional groups attached to an aromatic ring is 1. The molecule has 8 nitrogen and oxygen atoms in total. The lowest BCUT2D eigenvalue weighted by Crippen LogP contribution is -2.42. The van der Waals surface area contributed by atoms with Crippen LogP contribution in [0.4, 0.5) is 11.6 Å². The highest BCUT2D eigenvalue weighted by molar-refractivity contribution is 5.86. The van der Waals surface area contributed by atoms with E-state index in [9.17, 15) is 4.79 Å². The Morgan fingerprint density at radius 3 is 3.15 bits per heavy atom. The van der Waals surface area contributed by atoms with Gasteiger partial charge in [-0.15, -0.1) is 0 Å². The summed E-state index contributed by atoms with van der Waals surface area (Å²) in [7, 11) is 1.65. The number of fused-ring (bicyclic) bond motifs is 1. The number of aromatic nitrogens is 3. The van der Waals surface area contributed by atoms with Crippen LogP contribution in [0, 0.1) is 0 Å². The van der Waals surface area contributed by atoms with E-state index in [0.717, 1.165) is 25.0 Å². The lowest BCUT2D eigenvalue weighted by atomic mass is 10.2. The van der Waals surface area contributed by atoms with Crippen molar-refractivity contribution in [2.45, 2.75) is 18.9 Å². The van der Waals surface area contributed by atoms with Crippen molar-refractivity contribution in [3.63, 3.8) is 0 Å². The van der Waals surface area contributed by atoms with Gasteiger partial charge in [0.25, 0.3) is 0 Å². The first kappa shape index (κ1) is 12.7. The molecule has 1 unspecified atom stereocenters. The molecule has 4 N–H and O–H groups in total. The molecule has 1 aliphatic rings. The maximum Gasteiger partial charge on any atom is 0.242 e. The van der Waals surface area contributed by atoms with E-state index in [0.29, 0.717) is 11.6 Å². The SMILES string of the molecule is CNC(=O)C1CCCN1c1nc(NN)cn2ccnc12. The van der Waals surface area contributed by atoms with Crippen LogP contribution >= 0.6 is 0 Å².